The molecular weight excluding hydrogens is 332 g/mol. The normalized spacial score (nSPS) is 16.3. The molecule has 0 saturated carbocycles. The lowest BCUT2D eigenvalue weighted by Crippen LogP contribution is -2.48. The molecule has 2 aromatic rings. The van der Waals surface area contributed by atoms with Crippen molar-refractivity contribution in [1.29, 1.82) is 0 Å². The van der Waals surface area contributed by atoms with E-state index in [0.717, 1.165) is 51.4 Å². The quantitative estimate of drug-likeness (QED) is 0.608. The molecule has 1 heterocycles. The van der Waals surface area contributed by atoms with Gasteiger partial charge in [0.1, 0.15) is 0 Å². The molecule has 1 aliphatic heterocycles. The molecule has 0 radical (unpaired) electrons. The highest BCUT2D eigenvalue weighted by atomic mass is 15.2. The maximum atomic E-state index is 4.42. The number of benzene rings is 2. The molecular formula is C23H32N4. The first-order chi connectivity index (χ1) is 13.3. The van der Waals surface area contributed by atoms with Crippen molar-refractivity contribution in [3.63, 3.8) is 0 Å². The van der Waals surface area contributed by atoms with Gasteiger partial charge in [0.15, 0.2) is 5.96 Å². The highest BCUT2D eigenvalue weighted by Gasteiger charge is 2.20. The standard InChI is InChI=1S/C23H32N4/c1-3-20-11-7-8-12-21(20)17-25-23(24-2)26-22-13-15-27(16-14-22)18-19-9-5-4-6-10-19/h4-12,22H,3,13-18H2,1-2H3,(H2,24,25,26). The van der Waals surface area contributed by atoms with Gasteiger partial charge in [-0.1, -0.05) is 61.5 Å². The number of piperidine rings is 1. The van der Waals surface area contributed by atoms with Crippen LogP contribution in [0.3, 0.4) is 0 Å². The Balaban J connectivity index is 1.44. The highest BCUT2D eigenvalue weighted by Crippen LogP contribution is 2.14. The topological polar surface area (TPSA) is 39.7 Å². The van der Waals surface area contributed by atoms with E-state index in [0.29, 0.717) is 6.04 Å². The third-order valence-electron chi connectivity index (χ3n) is 5.35. The second-order valence-corrected chi connectivity index (χ2v) is 7.23. The van der Waals surface area contributed by atoms with Gasteiger partial charge in [-0.3, -0.25) is 9.89 Å². The van der Waals surface area contributed by atoms with Gasteiger partial charge in [-0.05, 0) is 36.0 Å². The third-order valence-corrected chi connectivity index (χ3v) is 5.35. The Kier molecular flexibility index (Phi) is 7.28. The van der Waals surface area contributed by atoms with E-state index in [9.17, 15) is 0 Å². The fourth-order valence-electron chi connectivity index (χ4n) is 3.72. The van der Waals surface area contributed by atoms with Gasteiger partial charge in [0.2, 0.25) is 0 Å². The number of nitrogens with zero attached hydrogens (tertiary/aromatic N) is 2. The minimum Gasteiger partial charge on any atom is -0.354 e. The minimum absolute atomic E-state index is 0.490. The van der Waals surface area contributed by atoms with Gasteiger partial charge in [-0.2, -0.15) is 0 Å². The molecule has 2 N–H and O–H groups in total. The molecule has 1 aliphatic rings. The summed E-state index contributed by atoms with van der Waals surface area (Å²) in [6, 6.07) is 19.9. The average molecular weight is 365 g/mol. The number of nitrogens with one attached hydrogen (secondary N) is 2. The van der Waals surface area contributed by atoms with Gasteiger partial charge in [-0.15, -0.1) is 0 Å². The Hall–Kier alpha value is -2.33. The zero-order valence-corrected chi connectivity index (χ0v) is 16.6. The molecule has 0 amide bonds. The SMILES string of the molecule is CCc1ccccc1CNC(=NC)NC1CCN(Cc2ccccc2)CC1. The van der Waals surface area contributed by atoms with Crippen LogP contribution in [-0.4, -0.2) is 37.0 Å². The van der Waals surface area contributed by atoms with Gasteiger partial charge in [0, 0.05) is 39.3 Å². The van der Waals surface area contributed by atoms with Crippen molar-refractivity contribution in [3.05, 3.63) is 71.3 Å². The van der Waals surface area contributed by atoms with Crippen molar-refractivity contribution in [3.8, 4) is 0 Å². The first-order valence-corrected chi connectivity index (χ1v) is 10.1. The first-order valence-electron chi connectivity index (χ1n) is 10.1. The molecule has 4 nitrogen and oxygen atoms in total. The van der Waals surface area contributed by atoms with Crippen molar-refractivity contribution in [2.45, 2.75) is 45.3 Å². The van der Waals surface area contributed by atoms with Crippen LogP contribution < -0.4 is 10.6 Å². The summed E-state index contributed by atoms with van der Waals surface area (Å²) < 4.78 is 0. The molecule has 0 aliphatic carbocycles. The second kappa shape index (κ2) is 10.1. The number of aliphatic imine (C=N–C) groups is 1. The zero-order valence-electron chi connectivity index (χ0n) is 16.6. The highest BCUT2D eigenvalue weighted by molar-refractivity contribution is 5.80. The van der Waals surface area contributed by atoms with Crippen molar-refractivity contribution >= 4 is 5.96 Å². The van der Waals surface area contributed by atoms with E-state index in [1.54, 1.807) is 0 Å². The summed E-state index contributed by atoms with van der Waals surface area (Å²) >= 11 is 0. The summed E-state index contributed by atoms with van der Waals surface area (Å²) in [6.07, 6.45) is 3.36. The Morgan fingerprint density at radius 3 is 2.33 bits per heavy atom. The van der Waals surface area contributed by atoms with Crippen LogP contribution in [0, 0.1) is 0 Å². The van der Waals surface area contributed by atoms with E-state index in [4.69, 9.17) is 0 Å². The summed E-state index contributed by atoms with van der Waals surface area (Å²) in [6.45, 7) is 6.32. The number of likely N-dealkylation sites (tertiary alicyclic amines) is 1. The Bertz CT molecular complexity index is 718. The van der Waals surface area contributed by atoms with Crippen molar-refractivity contribution in [1.82, 2.24) is 15.5 Å². The smallest absolute Gasteiger partial charge is 0.191 e. The number of aryl methyl sites for hydroxylation is 1. The van der Waals surface area contributed by atoms with Crippen LogP contribution >= 0.6 is 0 Å². The molecule has 1 saturated heterocycles. The second-order valence-electron chi connectivity index (χ2n) is 7.23. The summed E-state index contributed by atoms with van der Waals surface area (Å²) in [5, 5.41) is 7.09. The van der Waals surface area contributed by atoms with Gasteiger partial charge in [0.25, 0.3) is 0 Å². The molecule has 0 spiro atoms. The molecule has 2 aromatic carbocycles. The van der Waals surface area contributed by atoms with Crippen LogP contribution in [0.25, 0.3) is 0 Å². The van der Waals surface area contributed by atoms with Gasteiger partial charge in [-0.25, -0.2) is 0 Å². The largest absolute Gasteiger partial charge is 0.354 e. The lowest BCUT2D eigenvalue weighted by Gasteiger charge is -2.33. The monoisotopic (exact) mass is 364 g/mol. The fourth-order valence-corrected chi connectivity index (χ4v) is 3.72. The van der Waals surface area contributed by atoms with Crippen LogP contribution in [0.1, 0.15) is 36.5 Å². The van der Waals surface area contributed by atoms with Crippen molar-refractivity contribution in [2.75, 3.05) is 20.1 Å². The molecule has 4 heteroatoms. The van der Waals surface area contributed by atoms with Gasteiger partial charge in [0.05, 0.1) is 0 Å². The van der Waals surface area contributed by atoms with Crippen LogP contribution in [-0.2, 0) is 19.5 Å². The van der Waals surface area contributed by atoms with Crippen molar-refractivity contribution < 1.29 is 0 Å². The lowest BCUT2D eigenvalue weighted by molar-refractivity contribution is 0.198. The Morgan fingerprint density at radius 2 is 1.67 bits per heavy atom. The van der Waals surface area contributed by atoms with Gasteiger partial charge >= 0.3 is 0 Å². The van der Waals surface area contributed by atoms with Crippen molar-refractivity contribution in [2.24, 2.45) is 4.99 Å². The molecule has 144 valence electrons. The van der Waals surface area contributed by atoms with E-state index in [1.165, 1.54) is 16.7 Å². The van der Waals surface area contributed by atoms with Crippen LogP contribution in [0.2, 0.25) is 0 Å². The molecule has 0 atom stereocenters. The minimum atomic E-state index is 0.490. The fraction of sp³-hybridized carbons (Fsp3) is 0.435. The molecule has 0 bridgehead atoms. The average Bonchev–Trinajstić information content (AvgIpc) is 2.73. The molecule has 0 unspecified atom stereocenters. The molecule has 1 fully saturated rings. The number of hydrogen-bond donors (Lipinski definition) is 2. The van der Waals surface area contributed by atoms with E-state index in [-0.39, 0.29) is 0 Å². The maximum absolute atomic E-state index is 4.42. The van der Waals surface area contributed by atoms with E-state index in [1.807, 2.05) is 7.05 Å². The number of rotatable bonds is 6. The molecule has 0 aromatic heterocycles. The van der Waals surface area contributed by atoms with E-state index < -0.39 is 0 Å². The van der Waals surface area contributed by atoms with Crippen LogP contribution in [0.4, 0.5) is 0 Å². The lowest BCUT2D eigenvalue weighted by atomic mass is 10.0. The third kappa shape index (κ3) is 5.83. The Morgan fingerprint density at radius 1 is 1.00 bits per heavy atom. The summed E-state index contributed by atoms with van der Waals surface area (Å²) in [7, 11) is 1.85. The molecule has 27 heavy (non-hydrogen) atoms. The summed E-state index contributed by atoms with van der Waals surface area (Å²) in [4.78, 5) is 6.96. The maximum Gasteiger partial charge on any atom is 0.191 e. The summed E-state index contributed by atoms with van der Waals surface area (Å²) in [5.74, 6) is 0.905. The zero-order chi connectivity index (χ0) is 18.9. The molecule has 3 rings (SSSR count). The summed E-state index contributed by atoms with van der Waals surface area (Å²) in [5.41, 5.74) is 4.14. The Labute approximate surface area is 163 Å². The predicted octanol–water partition coefficient (Wildman–Crippen LogP) is 3.58. The number of guanidine groups is 1. The number of hydrogen-bond acceptors (Lipinski definition) is 2. The van der Waals surface area contributed by atoms with Crippen LogP contribution in [0.5, 0.6) is 0 Å². The first kappa shape index (κ1) is 19.4. The van der Waals surface area contributed by atoms with Crippen LogP contribution in [0.15, 0.2) is 59.6 Å². The van der Waals surface area contributed by atoms with E-state index >= 15 is 0 Å². The predicted molar refractivity (Wildman–Crippen MR) is 114 cm³/mol. The van der Waals surface area contributed by atoms with Gasteiger partial charge < -0.3 is 10.6 Å². The van der Waals surface area contributed by atoms with E-state index in [2.05, 4.69) is 82.0 Å².